The summed E-state index contributed by atoms with van der Waals surface area (Å²) in [6.45, 7) is 5.20. The molecule has 112 valence electrons. The van der Waals surface area contributed by atoms with E-state index in [1.165, 1.54) is 19.2 Å². The average molecular weight is 291 g/mol. The number of benzene rings is 1. The minimum atomic E-state index is -1.88. The molecule has 0 bridgehead atoms. The van der Waals surface area contributed by atoms with Gasteiger partial charge in [0, 0.05) is 5.70 Å². The Morgan fingerprint density at radius 1 is 1.29 bits per heavy atom. The first-order valence-electron chi connectivity index (χ1n) is 6.61. The molecule has 1 heterocycles. The van der Waals surface area contributed by atoms with Crippen LogP contribution in [0.25, 0.3) is 0 Å². The Kier molecular flexibility index (Phi) is 3.96. The lowest BCUT2D eigenvalue weighted by atomic mass is 9.73. The molecule has 21 heavy (non-hydrogen) atoms. The van der Waals surface area contributed by atoms with E-state index in [-0.39, 0.29) is 11.5 Å². The molecule has 5 heteroatoms. The van der Waals surface area contributed by atoms with E-state index in [0.717, 1.165) is 11.3 Å². The van der Waals surface area contributed by atoms with E-state index in [4.69, 9.17) is 4.74 Å². The zero-order valence-corrected chi connectivity index (χ0v) is 12.5. The van der Waals surface area contributed by atoms with Crippen molar-refractivity contribution in [1.29, 1.82) is 0 Å². The van der Waals surface area contributed by atoms with Gasteiger partial charge in [0.1, 0.15) is 5.82 Å². The lowest BCUT2D eigenvalue weighted by molar-refractivity contribution is -0.156. The van der Waals surface area contributed by atoms with E-state index in [0.29, 0.717) is 5.56 Å². The highest BCUT2D eigenvalue weighted by molar-refractivity contribution is 6.11. The second-order valence-electron chi connectivity index (χ2n) is 5.21. The second kappa shape index (κ2) is 5.41. The van der Waals surface area contributed by atoms with Crippen LogP contribution < -0.4 is 0 Å². The number of aliphatic imine (C=N–C) groups is 1. The number of hydrogen-bond donors (Lipinski definition) is 1. The van der Waals surface area contributed by atoms with Gasteiger partial charge >= 0.3 is 5.97 Å². The summed E-state index contributed by atoms with van der Waals surface area (Å²) >= 11 is 0. The van der Waals surface area contributed by atoms with Crippen LogP contribution in [0.1, 0.15) is 32.3 Å². The standard InChI is InChI=1S/C16H18FNO3/c1-9-10(2)18-11(3)16(20,15(19)21-4)14(9)12-5-7-13(17)8-6-12/h5-8,14,20H,1-4H3. The van der Waals surface area contributed by atoms with Crippen molar-refractivity contribution < 1.29 is 19.0 Å². The predicted molar refractivity (Wildman–Crippen MR) is 77.6 cm³/mol. The summed E-state index contributed by atoms with van der Waals surface area (Å²) in [6, 6.07) is 5.72. The van der Waals surface area contributed by atoms with Crippen molar-refractivity contribution in [2.24, 2.45) is 4.99 Å². The third-order valence-corrected chi connectivity index (χ3v) is 4.01. The molecule has 0 amide bonds. The smallest absolute Gasteiger partial charge is 0.344 e. The average Bonchev–Trinajstić information content (AvgIpc) is 2.46. The number of carbonyl (C=O) groups excluding carboxylic acids is 1. The summed E-state index contributed by atoms with van der Waals surface area (Å²) in [6.07, 6.45) is 0. The molecule has 1 aliphatic heterocycles. The number of methoxy groups -OCH3 is 1. The highest BCUT2D eigenvalue weighted by Crippen LogP contribution is 2.41. The van der Waals surface area contributed by atoms with Crippen molar-refractivity contribution in [3.63, 3.8) is 0 Å². The summed E-state index contributed by atoms with van der Waals surface area (Å²) in [5.74, 6) is -1.80. The number of esters is 1. The zero-order chi connectivity index (χ0) is 15.8. The van der Waals surface area contributed by atoms with Crippen LogP contribution in [0.5, 0.6) is 0 Å². The molecule has 0 saturated carbocycles. The maximum atomic E-state index is 13.1. The Hall–Kier alpha value is -2.01. The molecule has 1 N–H and O–H groups in total. The van der Waals surface area contributed by atoms with E-state index in [1.54, 1.807) is 26.0 Å². The Labute approximate surface area is 123 Å². The van der Waals surface area contributed by atoms with Crippen molar-refractivity contribution in [3.8, 4) is 0 Å². The van der Waals surface area contributed by atoms with Gasteiger partial charge in [-0.1, -0.05) is 12.1 Å². The van der Waals surface area contributed by atoms with E-state index in [1.807, 2.05) is 6.92 Å². The minimum Gasteiger partial charge on any atom is -0.467 e. The molecule has 0 aromatic heterocycles. The van der Waals surface area contributed by atoms with Crippen LogP contribution >= 0.6 is 0 Å². The van der Waals surface area contributed by atoms with E-state index in [2.05, 4.69) is 4.99 Å². The molecule has 0 saturated heterocycles. The van der Waals surface area contributed by atoms with Gasteiger partial charge in [-0.15, -0.1) is 0 Å². The topological polar surface area (TPSA) is 58.9 Å². The SMILES string of the molecule is COC(=O)C1(O)C(C)=NC(C)=C(C)C1c1ccc(F)cc1. The number of allylic oxidation sites excluding steroid dienone is 1. The molecule has 1 aliphatic rings. The number of rotatable bonds is 2. The normalized spacial score (nSPS) is 25.6. The van der Waals surface area contributed by atoms with E-state index < -0.39 is 17.5 Å². The Morgan fingerprint density at radius 2 is 1.86 bits per heavy atom. The van der Waals surface area contributed by atoms with Crippen LogP contribution in [0, 0.1) is 5.82 Å². The van der Waals surface area contributed by atoms with Gasteiger partial charge in [0.25, 0.3) is 0 Å². The molecular weight excluding hydrogens is 273 g/mol. The first kappa shape index (κ1) is 15.4. The largest absolute Gasteiger partial charge is 0.467 e. The van der Waals surface area contributed by atoms with Gasteiger partial charge in [-0.2, -0.15) is 0 Å². The number of carbonyl (C=O) groups is 1. The van der Waals surface area contributed by atoms with Crippen molar-refractivity contribution >= 4 is 11.7 Å². The Balaban J connectivity index is 2.64. The molecule has 0 radical (unpaired) electrons. The Bertz CT molecular complexity index is 633. The maximum Gasteiger partial charge on any atom is 0.344 e. The molecule has 1 aromatic carbocycles. The van der Waals surface area contributed by atoms with Gasteiger partial charge < -0.3 is 9.84 Å². The molecule has 2 unspecified atom stereocenters. The molecule has 0 spiro atoms. The fourth-order valence-electron chi connectivity index (χ4n) is 2.72. The third kappa shape index (κ3) is 2.38. The molecule has 0 fully saturated rings. The van der Waals surface area contributed by atoms with Gasteiger partial charge in [-0.3, -0.25) is 4.99 Å². The molecule has 4 nitrogen and oxygen atoms in total. The van der Waals surface area contributed by atoms with Crippen LogP contribution in [0.15, 0.2) is 40.5 Å². The monoisotopic (exact) mass is 291 g/mol. The van der Waals surface area contributed by atoms with E-state index in [9.17, 15) is 14.3 Å². The van der Waals surface area contributed by atoms with Crippen molar-refractivity contribution in [2.75, 3.05) is 7.11 Å². The van der Waals surface area contributed by atoms with Gasteiger partial charge in [0.2, 0.25) is 5.60 Å². The fourth-order valence-corrected chi connectivity index (χ4v) is 2.72. The number of hydrogen-bond acceptors (Lipinski definition) is 4. The molecule has 0 aliphatic carbocycles. The molecule has 1 aromatic rings. The van der Waals surface area contributed by atoms with Gasteiger partial charge in [-0.25, -0.2) is 9.18 Å². The van der Waals surface area contributed by atoms with E-state index >= 15 is 0 Å². The molecule has 2 atom stereocenters. The number of nitrogens with zero attached hydrogens (tertiary/aromatic N) is 1. The van der Waals surface area contributed by atoms with Gasteiger partial charge in [0.15, 0.2) is 0 Å². The zero-order valence-electron chi connectivity index (χ0n) is 12.5. The van der Waals surface area contributed by atoms with Crippen molar-refractivity contribution in [1.82, 2.24) is 0 Å². The third-order valence-electron chi connectivity index (χ3n) is 4.01. The second-order valence-corrected chi connectivity index (χ2v) is 5.21. The summed E-state index contributed by atoms with van der Waals surface area (Å²) < 4.78 is 17.9. The summed E-state index contributed by atoms with van der Waals surface area (Å²) in [5.41, 5.74) is 0.508. The minimum absolute atomic E-state index is 0.270. The summed E-state index contributed by atoms with van der Waals surface area (Å²) in [5, 5.41) is 10.9. The lowest BCUT2D eigenvalue weighted by Gasteiger charge is -2.38. The number of ether oxygens (including phenoxy) is 1. The fraction of sp³-hybridized carbons (Fsp3) is 0.375. The number of aliphatic hydroxyl groups is 1. The first-order valence-corrected chi connectivity index (χ1v) is 6.61. The molecular formula is C16H18FNO3. The van der Waals surface area contributed by atoms with Crippen molar-refractivity contribution in [2.45, 2.75) is 32.3 Å². The first-order chi connectivity index (χ1) is 9.82. The van der Waals surface area contributed by atoms with Crippen molar-refractivity contribution in [3.05, 3.63) is 46.9 Å². The summed E-state index contributed by atoms with van der Waals surface area (Å²) in [4.78, 5) is 16.4. The van der Waals surface area contributed by atoms with Crippen LogP contribution in [0.2, 0.25) is 0 Å². The Morgan fingerprint density at radius 3 is 2.38 bits per heavy atom. The van der Waals surface area contributed by atoms with Gasteiger partial charge in [-0.05, 0) is 44.0 Å². The predicted octanol–water partition coefficient (Wildman–Crippen LogP) is 2.58. The van der Waals surface area contributed by atoms with Crippen LogP contribution in [-0.2, 0) is 9.53 Å². The highest BCUT2D eigenvalue weighted by Gasteiger charge is 2.51. The number of halogens is 1. The maximum absolute atomic E-state index is 13.1. The van der Waals surface area contributed by atoms with Crippen LogP contribution in [0.4, 0.5) is 4.39 Å². The van der Waals surface area contributed by atoms with Crippen LogP contribution in [0.3, 0.4) is 0 Å². The quantitative estimate of drug-likeness (QED) is 0.852. The van der Waals surface area contributed by atoms with Gasteiger partial charge in [0.05, 0.1) is 18.7 Å². The highest BCUT2D eigenvalue weighted by atomic mass is 19.1. The molecule has 2 rings (SSSR count). The summed E-state index contributed by atoms with van der Waals surface area (Å²) in [7, 11) is 1.22. The lowest BCUT2D eigenvalue weighted by Crippen LogP contribution is -2.53. The van der Waals surface area contributed by atoms with Crippen LogP contribution in [-0.4, -0.2) is 29.5 Å².